The van der Waals surface area contributed by atoms with Crippen LogP contribution in [0.4, 0.5) is 11.5 Å². The van der Waals surface area contributed by atoms with E-state index in [0.717, 1.165) is 40.4 Å². The number of rotatable bonds is 11. The highest BCUT2D eigenvalue weighted by Crippen LogP contribution is 2.46. The molecule has 0 amide bonds. The highest BCUT2D eigenvalue weighted by atomic mass is 35.5. The first-order chi connectivity index (χ1) is 19.3. The third-order valence-electron chi connectivity index (χ3n) is 6.87. The van der Waals surface area contributed by atoms with Gasteiger partial charge < -0.3 is 19.5 Å². The van der Waals surface area contributed by atoms with E-state index in [2.05, 4.69) is 16.9 Å². The maximum Gasteiger partial charge on any atom is 0.222 e. The van der Waals surface area contributed by atoms with Crippen LogP contribution >= 0.6 is 23.2 Å². The first-order valence-corrected chi connectivity index (χ1v) is 13.6. The normalized spacial score (nSPS) is 12.7. The summed E-state index contributed by atoms with van der Waals surface area (Å²) in [7, 11) is 3.06. The Hall–Kier alpha value is -3.81. The molecule has 1 fully saturated rings. The molecular weight excluding hydrogens is 549 g/mol. The van der Waals surface area contributed by atoms with Crippen LogP contribution in [0.5, 0.6) is 17.4 Å². The summed E-state index contributed by atoms with van der Waals surface area (Å²) in [6.07, 6.45) is 5.60. The quantitative estimate of drug-likeness (QED) is 0.182. The lowest BCUT2D eigenvalue weighted by Crippen LogP contribution is -2.06. The van der Waals surface area contributed by atoms with E-state index in [4.69, 9.17) is 42.4 Å². The van der Waals surface area contributed by atoms with Gasteiger partial charge >= 0.3 is 0 Å². The van der Waals surface area contributed by atoms with Gasteiger partial charge in [0.05, 0.1) is 36.6 Å². The average Bonchev–Trinajstić information content (AvgIpc) is 3.78. The topological polar surface area (TPSA) is 82.6 Å². The number of aryl methyl sites for hydroxylation is 1. The van der Waals surface area contributed by atoms with Crippen molar-refractivity contribution in [2.45, 2.75) is 26.2 Å². The van der Waals surface area contributed by atoms with Crippen LogP contribution in [0.15, 0.2) is 55.3 Å². The molecule has 4 aromatic rings. The summed E-state index contributed by atoms with van der Waals surface area (Å²) in [5, 5.41) is 5.62. The van der Waals surface area contributed by atoms with Crippen LogP contribution in [0, 0.1) is 12.8 Å². The Labute approximate surface area is 243 Å². The van der Waals surface area contributed by atoms with Gasteiger partial charge in [-0.2, -0.15) is 0 Å². The Morgan fingerprint density at radius 1 is 1.12 bits per heavy atom. The monoisotopic (exact) mass is 577 g/mol. The largest absolute Gasteiger partial charge is 0.495 e. The molecule has 7 nitrogen and oxygen atoms in total. The zero-order chi connectivity index (χ0) is 28.4. The zero-order valence-corrected chi connectivity index (χ0v) is 24.0. The summed E-state index contributed by atoms with van der Waals surface area (Å²) in [5.74, 6) is 2.34. The van der Waals surface area contributed by atoms with Crippen molar-refractivity contribution in [3.8, 4) is 28.6 Å². The molecule has 0 aliphatic heterocycles. The fourth-order valence-corrected chi connectivity index (χ4v) is 5.15. The van der Waals surface area contributed by atoms with E-state index in [0.29, 0.717) is 57.0 Å². The fourth-order valence-electron chi connectivity index (χ4n) is 4.46. The van der Waals surface area contributed by atoms with Gasteiger partial charge in [0.2, 0.25) is 5.88 Å². The highest BCUT2D eigenvalue weighted by molar-refractivity contribution is 6.41. The number of para-hydroxylation sites is 1. The molecule has 1 aliphatic rings. The van der Waals surface area contributed by atoms with Crippen molar-refractivity contribution in [1.82, 2.24) is 9.97 Å². The SMILES string of the molecule is C=CC(=O)Cc1cccc(C)c1Nc1cc2c(OCC3CC3)nc(-c3c(Cl)c(OC)cc(OC)c3Cl)cc2cn1. The lowest BCUT2D eigenvalue weighted by molar-refractivity contribution is -0.114. The lowest BCUT2D eigenvalue weighted by Gasteiger charge is -2.17. The number of carbonyl (C=O) groups excluding carboxylic acids is 1. The summed E-state index contributed by atoms with van der Waals surface area (Å²) < 4.78 is 17.2. The molecule has 206 valence electrons. The number of methoxy groups -OCH3 is 2. The first-order valence-electron chi connectivity index (χ1n) is 12.9. The van der Waals surface area contributed by atoms with Crippen LogP contribution in [-0.4, -0.2) is 36.6 Å². The van der Waals surface area contributed by atoms with Crippen molar-refractivity contribution in [2.24, 2.45) is 5.92 Å². The number of fused-ring (bicyclic) bond motifs is 1. The molecule has 9 heteroatoms. The number of ketones is 1. The van der Waals surface area contributed by atoms with Gasteiger partial charge in [-0.05, 0) is 55.0 Å². The van der Waals surface area contributed by atoms with Crippen molar-refractivity contribution < 1.29 is 19.0 Å². The highest BCUT2D eigenvalue weighted by Gasteiger charge is 2.25. The minimum atomic E-state index is -0.0564. The van der Waals surface area contributed by atoms with Gasteiger partial charge in [-0.1, -0.05) is 48.0 Å². The number of hydrogen-bond donors (Lipinski definition) is 1. The van der Waals surface area contributed by atoms with E-state index in [1.165, 1.54) is 20.3 Å². The summed E-state index contributed by atoms with van der Waals surface area (Å²) in [4.78, 5) is 21.6. The molecule has 1 saturated carbocycles. The third kappa shape index (κ3) is 5.71. The van der Waals surface area contributed by atoms with Crippen LogP contribution in [0.1, 0.15) is 24.0 Å². The van der Waals surface area contributed by atoms with Crippen LogP contribution in [0.25, 0.3) is 22.0 Å². The second-order valence-electron chi connectivity index (χ2n) is 9.72. The van der Waals surface area contributed by atoms with E-state index in [9.17, 15) is 4.79 Å². The van der Waals surface area contributed by atoms with Gasteiger partial charge in [0.1, 0.15) is 17.3 Å². The molecule has 0 bridgehead atoms. The van der Waals surface area contributed by atoms with Gasteiger partial charge in [-0.25, -0.2) is 9.97 Å². The molecule has 0 atom stereocenters. The number of hydrogen-bond acceptors (Lipinski definition) is 7. The second kappa shape index (κ2) is 11.7. The second-order valence-corrected chi connectivity index (χ2v) is 10.5. The molecule has 0 spiro atoms. The fraction of sp³-hybridized carbons (Fsp3) is 0.258. The number of pyridine rings is 2. The number of aromatic nitrogens is 2. The standard InChI is InChI=1S/C31H29Cl2N3O4/c1-5-21(37)11-19-8-6-7-17(2)30(19)36-26-13-22-20(15-34-26)12-23(35-31(22)40-16-18-9-10-18)27-28(32)24(38-3)14-25(39-4)29(27)33/h5-8,12-15,18H,1,9-11,16H2,2-4H3,(H,34,36). The number of halogens is 2. The molecule has 0 unspecified atom stereocenters. The average molecular weight is 578 g/mol. The minimum Gasteiger partial charge on any atom is -0.495 e. The molecule has 2 aromatic heterocycles. The van der Waals surface area contributed by atoms with Gasteiger partial charge in [0.25, 0.3) is 0 Å². The summed E-state index contributed by atoms with van der Waals surface area (Å²) in [5.41, 5.74) is 3.68. The Kier molecular flexibility index (Phi) is 8.14. The molecule has 5 rings (SSSR count). The molecule has 1 N–H and O–H groups in total. The number of ether oxygens (including phenoxy) is 3. The summed E-state index contributed by atoms with van der Waals surface area (Å²) in [6, 6.07) is 11.2. The van der Waals surface area contributed by atoms with Crippen LogP contribution in [0.2, 0.25) is 10.0 Å². The molecule has 40 heavy (non-hydrogen) atoms. The van der Waals surface area contributed by atoms with Gasteiger partial charge in [0, 0.05) is 40.7 Å². The van der Waals surface area contributed by atoms with Crippen LogP contribution < -0.4 is 19.5 Å². The van der Waals surface area contributed by atoms with Crippen LogP contribution in [-0.2, 0) is 11.2 Å². The Balaban J connectivity index is 1.61. The Morgan fingerprint density at radius 3 is 2.50 bits per heavy atom. The predicted octanol–water partition coefficient (Wildman–Crippen LogP) is 7.76. The summed E-state index contributed by atoms with van der Waals surface area (Å²) in [6.45, 7) is 6.14. The van der Waals surface area contributed by atoms with Crippen molar-refractivity contribution in [1.29, 1.82) is 0 Å². The summed E-state index contributed by atoms with van der Waals surface area (Å²) >= 11 is 13.4. The third-order valence-corrected chi connectivity index (χ3v) is 7.62. The molecule has 0 radical (unpaired) electrons. The molecule has 2 heterocycles. The van der Waals surface area contributed by atoms with Crippen LogP contribution in [0.3, 0.4) is 0 Å². The number of nitrogens with one attached hydrogen (secondary N) is 1. The predicted molar refractivity (Wildman–Crippen MR) is 160 cm³/mol. The van der Waals surface area contributed by atoms with Crippen molar-refractivity contribution >= 4 is 51.3 Å². The van der Waals surface area contributed by atoms with Crippen molar-refractivity contribution in [3.05, 3.63) is 76.4 Å². The van der Waals surface area contributed by atoms with Gasteiger partial charge in [-0.3, -0.25) is 4.79 Å². The Bertz CT molecular complexity index is 1590. The number of allylic oxidation sites excluding steroid dienone is 1. The molecule has 1 aliphatic carbocycles. The molecular formula is C31H29Cl2N3O4. The smallest absolute Gasteiger partial charge is 0.222 e. The molecule has 2 aromatic carbocycles. The first kappa shape index (κ1) is 27.7. The zero-order valence-electron chi connectivity index (χ0n) is 22.5. The number of anilines is 2. The molecule has 0 saturated heterocycles. The minimum absolute atomic E-state index is 0.0564. The van der Waals surface area contributed by atoms with E-state index in [-0.39, 0.29) is 12.2 Å². The number of nitrogens with zero attached hydrogens (tertiary/aromatic N) is 2. The lowest BCUT2D eigenvalue weighted by atomic mass is 10.0. The van der Waals surface area contributed by atoms with Gasteiger partial charge in [0.15, 0.2) is 5.78 Å². The van der Waals surface area contributed by atoms with E-state index < -0.39 is 0 Å². The van der Waals surface area contributed by atoms with E-state index in [1.807, 2.05) is 37.3 Å². The number of carbonyl (C=O) groups is 1. The van der Waals surface area contributed by atoms with E-state index in [1.54, 1.807) is 12.3 Å². The van der Waals surface area contributed by atoms with Crippen molar-refractivity contribution in [3.63, 3.8) is 0 Å². The van der Waals surface area contributed by atoms with Crippen molar-refractivity contribution in [2.75, 3.05) is 26.1 Å². The maximum atomic E-state index is 12.1. The van der Waals surface area contributed by atoms with Gasteiger partial charge in [-0.15, -0.1) is 0 Å². The maximum absolute atomic E-state index is 12.1. The Morgan fingerprint density at radius 2 is 1.85 bits per heavy atom. The van der Waals surface area contributed by atoms with E-state index >= 15 is 0 Å². The number of benzene rings is 2.